The van der Waals surface area contributed by atoms with Crippen molar-refractivity contribution in [3.8, 4) is 0 Å². The molecule has 1 nitrogen and oxygen atoms in total. The van der Waals surface area contributed by atoms with Crippen molar-refractivity contribution in [3.05, 3.63) is 56.2 Å². The number of aliphatic hydroxyl groups is 1. The van der Waals surface area contributed by atoms with Gasteiger partial charge >= 0.3 is 0 Å². The molecular weight excluding hydrogens is 322 g/mol. The van der Waals surface area contributed by atoms with Crippen molar-refractivity contribution in [2.24, 2.45) is 0 Å². The minimum Gasteiger partial charge on any atom is -0.392 e. The van der Waals surface area contributed by atoms with Gasteiger partial charge in [-0.2, -0.15) is 11.3 Å². The Balaban J connectivity index is 2.11. The number of rotatable bonds is 4. The van der Waals surface area contributed by atoms with E-state index in [1.165, 1.54) is 23.5 Å². The zero-order valence-electron chi connectivity index (χ0n) is 9.37. The molecule has 0 aliphatic heterocycles. The van der Waals surface area contributed by atoms with Gasteiger partial charge in [-0.15, -0.1) is 0 Å². The highest BCUT2D eigenvalue weighted by molar-refractivity contribution is 9.10. The Morgan fingerprint density at radius 2 is 2.00 bits per heavy atom. The van der Waals surface area contributed by atoms with Crippen molar-refractivity contribution < 1.29 is 13.9 Å². The number of halogens is 3. The van der Waals surface area contributed by atoms with Gasteiger partial charge < -0.3 is 5.11 Å². The summed E-state index contributed by atoms with van der Waals surface area (Å²) >= 11 is 4.54. The van der Waals surface area contributed by atoms with Gasteiger partial charge in [0.05, 0.1) is 10.6 Å². The molecule has 0 saturated heterocycles. The van der Waals surface area contributed by atoms with Gasteiger partial charge in [-0.25, -0.2) is 8.78 Å². The van der Waals surface area contributed by atoms with Crippen molar-refractivity contribution in [2.75, 3.05) is 0 Å². The Morgan fingerprint density at radius 3 is 2.67 bits per heavy atom. The maximum absolute atomic E-state index is 13.7. The van der Waals surface area contributed by atoms with Crippen molar-refractivity contribution in [2.45, 2.75) is 18.9 Å². The number of benzene rings is 1. The van der Waals surface area contributed by atoms with E-state index in [2.05, 4.69) is 15.9 Å². The summed E-state index contributed by atoms with van der Waals surface area (Å²) in [5, 5.41) is 13.7. The van der Waals surface area contributed by atoms with Crippen molar-refractivity contribution in [3.63, 3.8) is 0 Å². The fraction of sp³-hybridized carbons (Fsp3) is 0.231. The second-order valence-electron chi connectivity index (χ2n) is 4.02. The molecule has 0 bridgehead atoms. The van der Waals surface area contributed by atoms with Gasteiger partial charge in [0.25, 0.3) is 0 Å². The van der Waals surface area contributed by atoms with E-state index in [1.54, 1.807) is 0 Å². The average Bonchev–Trinajstić information content (AvgIpc) is 2.82. The lowest BCUT2D eigenvalue weighted by molar-refractivity contribution is 0.172. The fourth-order valence-corrected chi connectivity index (χ4v) is 2.80. The summed E-state index contributed by atoms with van der Waals surface area (Å²) < 4.78 is 27.4. The molecule has 18 heavy (non-hydrogen) atoms. The van der Waals surface area contributed by atoms with Gasteiger partial charge in [0.2, 0.25) is 0 Å². The second-order valence-corrected chi connectivity index (χ2v) is 5.65. The van der Waals surface area contributed by atoms with Gasteiger partial charge in [-0.1, -0.05) is 0 Å². The van der Waals surface area contributed by atoms with Crippen LogP contribution in [0.4, 0.5) is 8.78 Å². The van der Waals surface area contributed by atoms with Crippen LogP contribution < -0.4 is 0 Å². The Morgan fingerprint density at radius 1 is 1.22 bits per heavy atom. The highest BCUT2D eigenvalue weighted by Gasteiger charge is 2.16. The van der Waals surface area contributed by atoms with E-state index >= 15 is 0 Å². The maximum Gasteiger partial charge on any atom is 0.143 e. The molecule has 0 amide bonds. The summed E-state index contributed by atoms with van der Waals surface area (Å²) in [6.45, 7) is 0. The predicted octanol–water partition coefficient (Wildman–Crippen LogP) is 3.93. The quantitative estimate of drug-likeness (QED) is 0.841. The van der Waals surface area contributed by atoms with E-state index in [0.717, 1.165) is 5.56 Å². The molecule has 1 aromatic heterocycles. The Bertz CT molecular complexity index is 528. The first-order valence-corrected chi connectivity index (χ1v) is 7.13. The third kappa shape index (κ3) is 3.16. The molecule has 1 heterocycles. The third-order valence-corrected chi connectivity index (χ3v) is 3.97. The van der Waals surface area contributed by atoms with Crippen LogP contribution in [-0.2, 0) is 12.8 Å². The molecule has 5 heteroatoms. The molecule has 0 aliphatic rings. The van der Waals surface area contributed by atoms with Crippen LogP contribution in [0.3, 0.4) is 0 Å². The van der Waals surface area contributed by atoms with Crippen LogP contribution in [0.15, 0.2) is 33.4 Å². The molecule has 0 aliphatic carbocycles. The highest BCUT2D eigenvalue weighted by Crippen LogP contribution is 2.23. The largest absolute Gasteiger partial charge is 0.392 e. The predicted molar refractivity (Wildman–Crippen MR) is 71.8 cm³/mol. The highest BCUT2D eigenvalue weighted by atomic mass is 79.9. The summed E-state index contributed by atoms with van der Waals surface area (Å²) in [6.07, 6.45) is -0.431. The summed E-state index contributed by atoms with van der Waals surface area (Å²) in [4.78, 5) is 0. The van der Waals surface area contributed by atoms with Crippen molar-refractivity contribution >= 4 is 27.3 Å². The Labute approximate surface area is 116 Å². The lowest BCUT2D eigenvalue weighted by Gasteiger charge is -2.12. The van der Waals surface area contributed by atoms with E-state index < -0.39 is 17.7 Å². The topological polar surface area (TPSA) is 20.2 Å². The first-order valence-electron chi connectivity index (χ1n) is 5.39. The molecular formula is C13H11BrF2OS. The third-order valence-electron chi connectivity index (χ3n) is 2.63. The molecule has 0 saturated carbocycles. The summed E-state index contributed by atoms with van der Waals surface area (Å²) in [6, 6.07) is 4.40. The van der Waals surface area contributed by atoms with Crippen LogP contribution in [-0.4, -0.2) is 11.2 Å². The molecule has 1 aromatic carbocycles. The van der Waals surface area contributed by atoms with Gasteiger partial charge in [0, 0.05) is 12.0 Å². The van der Waals surface area contributed by atoms with Gasteiger partial charge in [-0.3, -0.25) is 0 Å². The monoisotopic (exact) mass is 332 g/mol. The lowest BCUT2D eigenvalue weighted by Crippen LogP contribution is -2.15. The number of hydrogen-bond acceptors (Lipinski definition) is 2. The summed E-state index contributed by atoms with van der Waals surface area (Å²) in [5.41, 5.74) is 0.899. The Kier molecular flexibility index (Phi) is 4.48. The average molecular weight is 333 g/mol. The number of aliphatic hydroxyl groups excluding tert-OH is 1. The minimum atomic E-state index is -0.794. The van der Waals surface area contributed by atoms with E-state index in [9.17, 15) is 13.9 Å². The zero-order chi connectivity index (χ0) is 13.1. The molecule has 0 radical (unpaired) electrons. The summed E-state index contributed by atoms with van der Waals surface area (Å²) in [7, 11) is 0. The second kappa shape index (κ2) is 5.91. The first kappa shape index (κ1) is 13.6. The van der Waals surface area contributed by atoms with Crippen molar-refractivity contribution in [1.29, 1.82) is 0 Å². The van der Waals surface area contributed by atoms with Crippen LogP contribution in [0.2, 0.25) is 0 Å². The van der Waals surface area contributed by atoms with Crippen LogP contribution in [0.25, 0.3) is 0 Å². The SMILES string of the molecule is OC(Cc1ccsc1)Cc1c(F)ccc(Br)c1F. The molecule has 1 N–H and O–H groups in total. The molecule has 2 aromatic rings. The zero-order valence-corrected chi connectivity index (χ0v) is 11.8. The van der Waals surface area contributed by atoms with E-state index in [0.29, 0.717) is 6.42 Å². The molecule has 0 fully saturated rings. The van der Waals surface area contributed by atoms with E-state index in [-0.39, 0.29) is 16.5 Å². The molecule has 96 valence electrons. The lowest BCUT2D eigenvalue weighted by atomic mass is 10.0. The molecule has 1 unspecified atom stereocenters. The molecule has 1 atom stereocenters. The van der Waals surface area contributed by atoms with E-state index in [4.69, 9.17) is 0 Å². The molecule has 2 rings (SSSR count). The van der Waals surface area contributed by atoms with Crippen LogP contribution in [0, 0.1) is 11.6 Å². The van der Waals surface area contributed by atoms with Gasteiger partial charge in [-0.05, 0) is 56.9 Å². The van der Waals surface area contributed by atoms with Gasteiger partial charge in [0.1, 0.15) is 11.6 Å². The Hall–Kier alpha value is -0.780. The van der Waals surface area contributed by atoms with Crippen molar-refractivity contribution in [1.82, 2.24) is 0 Å². The standard InChI is InChI=1S/C13H11BrF2OS/c14-11-1-2-12(15)10(13(11)16)6-9(17)5-8-3-4-18-7-8/h1-4,7,9,17H,5-6H2. The van der Waals surface area contributed by atoms with Crippen LogP contribution >= 0.6 is 27.3 Å². The first-order chi connectivity index (χ1) is 8.58. The molecule has 0 spiro atoms. The fourth-order valence-electron chi connectivity index (χ4n) is 1.74. The maximum atomic E-state index is 13.7. The number of thiophene rings is 1. The normalized spacial score (nSPS) is 12.7. The summed E-state index contributed by atoms with van der Waals surface area (Å²) in [5.74, 6) is -1.26. The van der Waals surface area contributed by atoms with Gasteiger partial charge in [0.15, 0.2) is 0 Å². The number of hydrogen-bond donors (Lipinski definition) is 1. The van der Waals surface area contributed by atoms with Crippen LogP contribution in [0.1, 0.15) is 11.1 Å². The smallest absolute Gasteiger partial charge is 0.143 e. The van der Waals surface area contributed by atoms with Crippen LogP contribution in [0.5, 0.6) is 0 Å². The minimum absolute atomic E-state index is 0.0348. The van der Waals surface area contributed by atoms with E-state index in [1.807, 2.05) is 16.8 Å².